The first kappa shape index (κ1) is 16.4. The van der Waals surface area contributed by atoms with Crippen molar-refractivity contribution in [3.63, 3.8) is 0 Å². The van der Waals surface area contributed by atoms with Gasteiger partial charge < -0.3 is 14.6 Å². The van der Waals surface area contributed by atoms with Crippen LogP contribution in [0.1, 0.15) is 16.3 Å². The lowest BCUT2D eigenvalue weighted by molar-refractivity contribution is 0.0940. The molecule has 27 heavy (non-hydrogen) atoms. The van der Waals surface area contributed by atoms with Crippen LogP contribution in [0.15, 0.2) is 47.5 Å². The number of methoxy groups -OCH3 is 1. The van der Waals surface area contributed by atoms with Crippen molar-refractivity contribution in [2.24, 2.45) is 0 Å². The maximum Gasteiger partial charge on any atom is 0.289 e. The first-order valence-corrected chi connectivity index (χ1v) is 7.88. The lowest BCUT2D eigenvalue weighted by atomic mass is 10.1. The van der Waals surface area contributed by atoms with Gasteiger partial charge in [0.05, 0.1) is 13.7 Å². The number of hydrogen-bond donors (Lipinski definition) is 2. The van der Waals surface area contributed by atoms with Gasteiger partial charge in [0, 0.05) is 11.6 Å². The third-order valence-electron chi connectivity index (χ3n) is 3.70. The monoisotopic (exact) mass is 366 g/mol. The fourth-order valence-electron chi connectivity index (χ4n) is 2.31. The number of carbonyl (C=O) groups is 1. The Morgan fingerprint density at radius 1 is 1.26 bits per heavy atom. The molecule has 3 heterocycles. The maximum atomic E-state index is 12.2. The molecule has 0 bridgehead atoms. The van der Waals surface area contributed by atoms with Gasteiger partial charge in [0.2, 0.25) is 5.82 Å². The molecule has 4 rings (SSSR count). The van der Waals surface area contributed by atoms with Crippen molar-refractivity contribution < 1.29 is 14.1 Å². The van der Waals surface area contributed by atoms with Gasteiger partial charge in [-0.3, -0.25) is 14.5 Å². The number of nitrogens with zero attached hydrogens (tertiary/aromatic N) is 6. The molecule has 0 radical (unpaired) electrons. The highest BCUT2D eigenvalue weighted by Crippen LogP contribution is 2.23. The SMILES string of the molecule is COc1ccc(-c2cc(CNC(=O)c3nc(-n4cnnc4)n[nH]3)no2)cc1. The Hall–Kier alpha value is -4.02. The molecule has 1 amide bonds. The van der Waals surface area contributed by atoms with E-state index in [0.29, 0.717) is 11.5 Å². The first-order valence-electron chi connectivity index (χ1n) is 7.88. The summed E-state index contributed by atoms with van der Waals surface area (Å²) in [5, 5.41) is 20.5. The summed E-state index contributed by atoms with van der Waals surface area (Å²) in [6.07, 6.45) is 2.86. The quantitative estimate of drug-likeness (QED) is 0.515. The summed E-state index contributed by atoms with van der Waals surface area (Å²) >= 11 is 0. The van der Waals surface area contributed by atoms with Crippen LogP contribution in [0.25, 0.3) is 17.3 Å². The number of aromatic amines is 1. The van der Waals surface area contributed by atoms with Crippen LogP contribution in [0.4, 0.5) is 0 Å². The van der Waals surface area contributed by atoms with Gasteiger partial charge in [0.1, 0.15) is 24.1 Å². The lowest BCUT2D eigenvalue weighted by Gasteiger charge is -1.99. The molecule has 0 saturated carbocycles. The molecule has 1 aromatic carbocycles. The molecule has 11 heteroatoms. The summed E-state index contributed by atoms with van der Waals surface area (Å²) in [5.74, 6) is 1.27. The van der Waals surface area contributed by atoms with E-state index in [1.165, 1.54) is 17.2 Å². The topological polar surface area (TPSA) is 137 Å². The van der Waals surface area contributed by atoms with E-state index in [9.17, 15) is 4.79 Å². The number of H-pyrrole nitrogens is 1. The van der Waals surface area contributed by atoms with Gasteiger partial charge in [0.25, 0.3) is 11.9 Å². The fraction of sp³-hybridized carbons (Fsp3) is 0.125. The number of rotatable bonds is 6. The van der Waals surface area contributed by atoms with Gasteiger partial charge in [-0.15, -0.1) is 15.3 Å². The summed E-state index contributed by atoms with van der Waals surface area (Å²) in [6, 6.07) is 9.14. The van der Waals surface area contributed by atoms with Crippen LogP contribution in [-0.4, -0.2) is 48.1 Å². The zero-order valence-corrected chi connectivity index (χ0v) is 14.2. The molecule has 2 N–H and O–H groups in total. The van der Waals surface area contributed by atoms with Crippen molar-refractivity contribution >= 4 is 5.91 Å². The molecule has 11 nitrogen and oxygen atoms in total. The van der Waals surface area contributed by atoms with E-state index in [-0.39, 0.29) is 18.3 Å². The number of hydrogen-bond acceptors (Lipinski definition) is 8. The van der Waals surface area contributed by atoms with E-state index >= 15 is 0 Å². The van der Waals surface area contributed by atoms with E-state index in [2.05, 4.69) is 35.9 Å². The van der Waals surface area contributed by atoms with Gasteiger partial charge in [-0.1, -0.05) is 5.16 Å². The van der Waals surface area contributed by atoms with Crippen LogP contribution in [0.2, 0.25) is 0 Å². The number of aromatic nitrogens is 7. The molecule has 0 aliphatic heterocycles. The Kier molecular flexibility index (Phi) is 4.31. The zero-order chi connectivity index (χ0) is 18.6. The molecule has 0 fully saturated rings. The maximum absolute atomic E-state index is 12.2. The molecule has 0 spiro atoms. The molecule has 136 valence electrons. The van der Waals surface area contributed by atoms with E-state index < -0.39 is 5.91 Å². The second kappa shape index (κ2) is 7.07. The molecule has 0 unspecified atom stereocenters. The number of amides is 1. The minimum atomic E-state index is -0.421. The minimum Gasteiger partial charge on any atom is -0.497 e. The predicted molar refractivity (Wildman–Crippen MR) is 91.0 cm³/mol. The van der Waals surface area contributed by atoms with Crippen molar-refractivity contribution in [3.8, 4) is 23.0 Å². The van der Waals surface area contributed by atoms with Crippen molar-refractivity contribution in [1.82, 2.24) is 40.4 Å². The average Bonchev–Trinajstić information content (AvgIpc) is 3.47. The molecule has 0 aliphatic rings. The molecule has 0 atom stereocenters. The lowest BCUT2D eigenvalue weighted by Crippen LogP contribution is -2.24. The third-order valence-corrected chi connectivity index (χ3v) is 3.70. The summed E-state index contributed by atoms with van der Waals surface area (Å²) in [6.45, 7) is 0.182. The Bertz CT molecular complexity index is 1040. The Morgan fingerprint density at radius 3 is 2.78 bits per heavy atom. The van der Waals surface area contributed by atoms with Crippen LogP contribution in [0, 0.1) is 0 Å². The summed E-state index contributed by atoms with van der Waals surface area (Å²) in [5.41, 5.74) is 1.43. The Morgan fingerprint density at radius 2 is 2.04 bits per heavy atom. The largest absolute Gasteiger partial charge is 0.497 e. The van der Waals surface area contributed by atoms with Gasteiger partial charge in [-0.2, -0.15) is 4.98 Å². The molecular weight excluding hydrogens is 352 g/mol. The van der Waals surface area contributed by atoms with Crippen LogP contribution in [0.3, 0.4) is 0 Å². The van der Waals surface area contributed by atoms with Gasteiger partial charge in [-0.25, -0.2) is 0 Å². The van der Waals surface area contributed by atoms with Crippen molar-refractivity contribution in [1.29, 1.82) is 0 Å². The molecule has 4 aromatic rings. The van der Waals surface area contributed by atoms with E-state index in [4.69, 9.17) is 9.26 Å². The highest BCUT2D eigenvalue weighted by Gasteiger charge is 2.14. The molecule has 0 saturated heterocycles. The summed E-state index contributed by atoms with van der Waals surface area (Å²) in [4.78, 5) is 16.3. The van der Waals surface area contributed by atoms with Crippen LogP contribution >= 0.6 is 0 Å². The smallest absolute Gasteiger partial charge is 0.289 e. The Balaban J connectivity index is 1.39. The first-order chi connectivity index (χ1) is 13.2. The molecule has 3 aromatic heterocycles. The zero-order valence-electron chi connectivity index (χ0n) is 14.2. The fourth-order valence-corrected chi connectivity index (χ4v) is 2.31. The van der Waals surface area contributed by atoms with Crippen LogP contribution in [-0.2, 0) is 6.54 Å². The summed E-state index contributed by atoms with van der Waals surface area (Å²) < 4.78 is 11.9. The van der Waals surface area contributed by atoms with E-state index in [1.54, 1.807) is 13.2 Å². The number of nitrogens with one attached hydrogen (secondary N) is 2. The standard InChI is InChI=1S/C16H14N8O3/c1-26-12-4-2-10(3-5-12)13-6-11(23-27-13)7-17-15(25)14-20-16(22-21-14)24-8-18-19-9-24/h2-6,8-9H,7H2,1H3,(H,17,25)(H,20,21,22). The van der Waals surface area contributed by atoms with Crippen LogP contribution < -0.4 is 10.1 Å². The summed E-state index contributed by atoms with van der Waals surface area (Å²) in [7, 11) is 1.61. The second-order valence-electron chi connectivity index (χ2n) is 5.45. The number of ether oxygens (including phenoxy) is 1. The van der Waals surface area contributed by atoms with E-state index in [1.807, 2.05) is 24.3 Å². The highest BCUT2D eigenvalue weighted by atomic mass is 16.5. The van der Waals surface area contributed by atoms with E-state index in [0.717, 1.165) is 11.3 Å². The normalized spacial score (nSPS) is 10.7. The van der Waals surface area contributed by atoms with Gasteiger partial charge in [0.15, 0.2) is 5.76 Å². The third kappa shape index (κ3) is 3.51. The van der Waals surface area contributed by atoms with Gasteiger partial charge >= 0.3 is 0 Å². The van der Waals surface area contributed by atoms with Crippen molar-refractivity contribution in [3.05, 3.63) is 54.5 Å². The molecule has 0 aliphatic carbocycles. The van der Waals surface area contributed by atoms with Crippen molar-refractivity contribution in [2.75, 3.05) is 7.11 Å². The minimum absolute atomic E-state index is 0.0672. The predicted octanol–water partition coefficient (Wildman–Crippen LogP) is 0.979. The average molecular weight is 366 g/mol. The number of carbonyl (C=O) groups excluding carboxylic acids is 1. The van der Waals surface area contributed by atoms with Gasteiger partial charge in [-0.05, 0) is 24.3 Å². The van der Waals surface area contributed by atoms with Crippen LogP contribution in [0.5, 0.6) is 5.75 Å². The number of benzene rings is 1. The highest BCUT2D eigenvalue weighted by molar-refractivity contribution is 5.90. The molecular formula is C16H14N8O3. The Labute approximate surface area is 152 Å². The second-order valence-corrected chi connectivity index (χ2v) is 5.45. The van der Waals surface area contributed by atoms with Crippen molar-refractivity contribution in [2.45, 2.75) is 6.54 Å².